The summed E-state index contributed by atoms with van der Waals surface area (Å²) < 4.78 is 49.4. The lowest BCUT2D eigenvalue weighted by atomic mass is 10.0. The molecule has 5 rings (SSSR count). The Hall–Kier alpha value is -5.48. The van der Waals surface area contributed by atoms with E-state index in [4.69, 9.17) is 4.74 Å². The molecule has 5 aromatic carbocycles. The molecule has 0 unspecified atom stereocenters. The first-order chi connectivity index (χ1) is 23.9. The number of rotatable bonds is 13. The average molecular weight is 694 g/mol. The third-order valence-corrected chi connectivity index (χ3v) is 9.54. The van der Waals surface area contributed by atoms with Crippen molar-refractivity contribution in [3.05, 3.63) is 156 Å². The van der Waals surface area contributed by atoms with E-state index in [9.17, 15) is 22.4 Å². The van der Waals surface area contributed by atoms with Crippen molar-refractivity contribution in [3.63, 3.8) is 0 Å². The lowest BCUT2D eigenvalue weighted by molar-refractivity contribution is -0.140. The van der Waals surface area contributed by atoms with Crippen LogP contribution in [0.15, 0.2) is 144 Å². The molecular formula is C40H40FN3O5S. The van der Waals surface area contributed by atoms with Gasteiger partial charge in [0.15, 0.2) is 0 Å². The van der Waals surface area contributed by atoms with Gasteiger partial charge in [0.25, 0.3) is 10.0 Å². The Kier molecular flexibility index (Phi) is 11.3. The molecule has 0 aromatic heterocycles. The topological polar surface area (TPSA) is 96.0 Å². The van der Waals surface area contributed by atoms with Gasteiger partial charge in [0, 0.05) is 18.5 Å². The van der Waals surface area contributed by atoms with E-state index >= 15 is 0 Å². The summed E-state index contributed by atoms with van der Waals surface area (Å²) in [6.45, 7) is 4.84. The lowest BCUT2D eigenvalue weighted by Gasteiger charge is -2.35. The number of carbonyl (C=O) groups is 2. The van der Waals surface area contributed by atoms with Crippen LogP contribution in [-0.2, 0) is 32.6 Å². The van der Waals surface area contributed by atoms with Crippen molar-refractivity contribution in [3.8, 4) is 11.5 Å². The molecule has 0 spiro atoms. The van der Waals surface area contributed by atoms with Gasteiger partial charge in [0.2, 0.25) is 11.8 Å². The summed E-state index contributed by atoms with van der Waals surface area (Å²) in [6, 6.07) is 37.3. The number of nitrogens with one attached hydrogen (secondary N) is 1. The summed E-state index contributed by atoms with van der Waals surface area (Å²) in [5, 5.41) is 3.00. The number of carbonyl (C=O) groups excluding carboxylic acids is 2. The molecule has 0 aliphatic rings. The molecule has 0 heterocycles. The second kappa shape index (κ2) is 15.8. The predicted octanol–water partition coefficient (Wildman–Crippen LogP) is 7.37. The number of anilines is 1. The number of benzene rings is 5. The summed E-state index contributed by atoms with van der Waals surface area (Å²) >= 11 is 0. The summed E-state index contributed by atoms with van der Waals surface area (Å²) in [5.41, 5.74) is 0.980. The zero-order valence-electron chi connectivity index (χ0n) is 28.2. The molecule has 0 aliphatic heterocycles. The normalized spacial score (nSPS) is 12.1. The van der Waals surface area contributed by atoms with Crippen LogP contribution >= 0.6 is 0 Å². The largest absolute Gasteiger partial charge is 0.457 e. The summed E-state index contributed by atoms with van der Waals surface area (Å²) in [7, 11) is -4.27. The van der Waals surface area contributed by atoms with Crippen LogP contribution in [0.2, 0.25) is 0 Å². The van der Waals surface area contributed by atoms with Gasteiger partial charge in [0.1, 0.15) is 29.9 Å². The van der Waals surface area contributed by atoms with E-state index in [1.165, 1.54) is 29.2 Å². The Morgan fingerprint density at radius 3 is 1.84 bits per heavy atom. The minimum atomic E-state index is -4.27. The molecule has 0 fully saturated rings. The minimum absolute atomic E-state index is 0.00573. The molecule has 0 saturated carbocycles. The van der Waals surface area contributed by atoms with E-state index < -0.39 is 45.8 Å². The first-order valence-electron chi connectivity index (χ1n) is 16.2. The highest BCUT2D eigenvalue weighted by Gasteiger charge is 2.35. The second-order valence-electron chi connectivity index (χ2n) is 12.8. The van der Waals surface area contributed by atoms with Crippen molar-refractivity contribution in [2.24, 2.45) is 0 Å². The van der Waals surface area contributed by atoms with Crippen LogP contribution in [0.3, 0.4) is 0 Å². The Morgan fingerprint density at radius 2 is 1.26 bits per heavy atom. The highest BCUT2D eigenvalue weighted by Crippen LogP contribution is 2.29. The van der Waals surface area contributed by atoms with Gasteiger partial charge < -0.3 is 15.0 Å². The molecule has 0 bridgehead atoms. The number of nitrogens with zero attached hydrogens (tertiary/aromatic N) is 2. The number of amides is 2. The van der Waals surface area contributed by atoms with E-state index in [0.29, 0.717) is 17.1 Å². The van der Waals surface area contributed by atoms with E-state index in [2.05, 4.69) is 5.32 Å². The minimum Gasteiger partial charge on any atom is -0.457 e. The molecule has 2 amide bonds. The molecular weight excluding hydrogens is 654 g/mol. The Bertz CT molecular complexity index is 1970. The van der Waals surface area contributed by atoms with Crippen LogP contribution in [0, 0.1) is 5.82 Å². The van der Waals surface area contributed by atoms with Crippen LogP contribution < -0.4 is 14.4 Å². The molecule has 1 N–H and O–H groups in total. The van der Waals surface area contributed by atoms with Crippen LogP contribution in [0.5, 0.6) is 11.5 Å². The Balaban J connectivity index is 1.56. The quantitative estimate of drug-likeness (QED) is 0.139. The van der Waals surface area contributed by atoms with E-state index in [1.807, 2.05) is 69.3 Å². The molecule has 50 heavy (non-hydrogen) atoms. The molecule has 258 valence electrons. The van der Waals surface area contributed by atoms with Crippen LogP contribution in [0.4, 0.5) is 10.1 Å². The number of ether oxygens (including phenoxy) is 1. The van der Waals surface area contributed by atoms with Gasteiger partial charge in [-0.3, -0.25) is 13.9 Å². The average Bonchev–Trinajstić information content (AvgIpc) is 3.10. The van der Waals surface area contributed by atoms with Gasteiger partial charge in [-0.05, 0) is 92.6 Å². The molecule has 0 saturated heterocycles. The Labute approximate surface area is 293 Å². The molecule has 10 heteroatoms. The monoisotopic (exact) mass is 693 g/mol. The van der Waals surface area contributed by atoms with Crippen LogP contribution in [0.1, 0.15) is 31.9 Å². The van der Waals surface area contributed by atoms with Gasteiger partial charge in [-0.15, -0.1) is 0 Å². The summed E-state index contributed by atoms with van der Waals surface area (Å²) in [5.74, 6) is -0.389. The third kappa shape index (κ3) is 9.57. The predicted molar refractivity (Wildman–Crippen MR) is 193 cm³/mol. The molecule has 0 aliphatic carbocycles. The zero-order valence-corrected chi connectivity index (χ0v) is 29.0. The molecule has 5 aromatic rings. The number of para-hydroxylation sites is 1. The number of sulfonamides is 1. The molecule has 8 nitrogen and oxygen atoms in total. The van der Waals surface area contributed by atoms with Gasteiger partial charge in [-0.2, -0.15) is 0 Å². The second-order valence-corrected chi connectivity index (χ2v) is 14.7. The van der Waals surface area contributed by atoms with Crippen molar-refractivity contribution in [1.29, 1.82) is 0 Å². The summed E-state index contributed by atoms with van der Waals surface area (Å²) in [6.07, 6.45) is 0.159. The van der Waals surface area contributed by atoms with Crippen LogP contribution in [-0.4, -0.2) is 43.3 Å². The van der Waals surface area contributed by atoms with Gasteiger partial charge >= 0.3 is 0 Å². The fourth-order valence-electron chi connectivity index (χ4n) is 5.35. The third-order valence-electron chi connectivity index (χ3n) is 7.75. The first-order valence-corrected chi connectivity index (χ1v) is 17.6. The van der Waals surface area contributed by atoms with Gasteiger partial charge in [0.05, 0.1) is 10.6 Å². The highest BCUT2D eigenvalue weighted by molar-refractivity contribution is 7.92. The number of hydrogen-bond acceptors (Lipinski definition) is 5. The summed E-state index contributed by atoms with van der Waals surface area (Å²) in [4.78, 5) is 30.0. The Morgan fingerprint density at radius 1 is 0.720 bits per heavy atom. The smallest absolute Gasteiger partial charge is 0.264 e. The fourth-order valence-corrected chi connectivity index (χ4v) is 6.78. The maximum absolute atomic E-state index is 14.6. The van der Waals surface area contributed by atoms with Crippen molar-refractivity contribution < 1.29 is 27.1 Å². The van der Waals surface area contributed by atoms with Crippen molar-refractivity contribution in [2.75, 3.05) is 10.8 Å². The fraction of sp³-hybridized carbons (Fsp3) is 0.200. The van der Waals surface area contributed by atoms with E-state index in [1.54, 1.807) is 66.7 Å². The molecule has 0 radical (unpaired) electrons. The molecule has 1 atom stereocenters. The van der Waals surface area contributed by atoms with E-state index in [0.717, 1.165) is 9.87 Å². The lowest BCUT2D eigenvalue weighted by Crippen LogP contribution is -2.56. The zero-order chi connectivity index (χ0) is 35.7. The van der Waals surface area contributed by atoms with Gasteiger partial charge in [-0.1, -0.05) is 78.9 Å². The van der Waals surface area contributed by atoms with Crippen molar-refractivity contribution in [2.45, 2.75) is 50.2 Å². The van der Waals surface area contributed by atoms with E-state index in [-0.39, 0.29) is 23.5 Å². The highest BCUT2D eigenvalue weighted by atomic mass is 32.2. The van der Waals surface area contributed by atoms with Gasteiger partial charge in [-0.25, -0.2) is 12.8 Å². The maximum atomic E-state index is 14.6. The number of hydrogen-bond donors (Lipinski definition) is 1. The van der Waals surface area contributed by atoms with Crippen molar-refractivity contribution >= 4 is 27.5 Å². The van der Waals surface area contributed by atoms with Crippen molar-refractivity contribution in [1.82, 2.24) is 10.2 Å². The van der Waals surface area contributed by atoms with Crippen LogP contribution in [0.25, 0.3) is 0 Å². The SMILES string of the molecule is CC(C)(C)NC(=O)[C@H](Cc1ccccc1)N(Cc1ccc(F)cc1)C(=O)CN(c1ccc(Oc2ccccc2)cc1)S(=O)(=O)c1ccccc1. The standard InChI is InChI=1S/C40H40FN3O5S/c1-40(2,3)42-39(46)37(27-30-13-7-4-8-14-30)43(28-31-19-21-32(41)22-20-31)38(45)29-44(50(47,48)36-17-11-6-12-18-36)33-23-25-35(26-24-33)49-34-15-9-5-10-16-34/h4-26,37H,27-29H2,1-3H3,(H,42,46)/t37-/m0/s1. The number of halogens is 1. The maximum Gasteiger partial charge on any atom is 0.264 e. The first kappa shape index (κ1) is 35.8.